The molecule has 1 heterocycles. The van der Waals surface area contributed by atoms with Crippen LogP contribution >= 0.6 is 11.6 Å². The van der Waals surface area contributed by atoms with Crippen molar-refractivity contribution < 1.29 is 4.92 Å². The lowest BCUT2D eigenvalue weighted by molar-refractivity contribution is -0.384. The average molecular weight is 242 g/mol. The van der Waals surface area contributed by atoms with Gasteiger partial charge in [0.1, 0.15) is 5.69 Å². The van der Waals surface area contributed by atoms with Gasteiger partial charge in [0, 0.05) is 19.2 Å². The fourth-order valence-electron chi connectivity index (χ4n) is 1.93. The summed E-state index contributed by atoms with van der Waals surface area (Å²) in [5.74, 6) is 0. The van der Waals surface area contributed by atoms with E-state index < -0.39 is 4.92 Å². The zero-order valence-electron chi connectivity index (χ0n) is 8.65. The van der Waals surface area contributed by atoms with E-state index in [0.717, 1.165) is 25.9 Å². The molecular weight excluding hydrogens is 230 g/mol. The lowest BCUT2D eigenvalue weighted by Crippen LogP contribution is -2.19. The van der Waals surface area contributed by atoms with Crippen LogP contribution < -0.4 is 10.6 Å². The fraction of sp³-hybridized carbons (Fsp3) is 0.400. The minimum atomic E-state index is -0.418. The number of hydrogen-bond donors (Lipinski definition) is 1. The highest BCUT2D eigenvalue weighted by Gasteiger charge is 2.23. The molecule has 86 valence electrons. The third kappa shape index (κ3) is 1.90. The van der Waals surface area contributed by atoms with Crippen molar-refractivity contribution in [2.24, 2.45) is 0 Å². The lowest BCUT2D eigenvalue weighted by atomic mass is 10.2. The second kappa shape index (κ2) is 4.17. The summed E-state index contributed by atoms with van der Waals surface area (Å²) >= 11 is 5.79. The van der Waals surface area contributed by atoms with Gasteiger partial charge in [-0.2, -0.15) is 0 Å². The smallest absolute Gasteiger partial charge is 0.294 e. The number of nitrogen functional groups attached to an aromatic ring is 1. The Morgan fingerprint density at radius 2 is 2.00 bits per heavy atom. The van der Waals surface area contributed by atoms with Crippen molar-refractivity contribution in [1.29, 1.82) is 0 Å². The molecule has 6 heteroatoms. The molecule has 1 saturated heterocycles. The first-order valence-electron chi connectivity index (χ1n) is 5.08. The number of rotatable bonds is 2. The monoisotopic (exact) mass is 241 g/mol. The molecule has 0 aliphatic carbocycles. The molecule has 1 aromatic rings. The minimum absolute atomic E-state index is 0.0288. The molecule has 2 rings (SSSR count). The Hall–Kier alpha value is -1.49. The summed E-state index contributed by atoms with van der Waals surface area (Å²) in [5, 5.41) is 11.2. The van der Waals surface area contributed by atoms with Gasteiger partial charge in [-0.1, -0.05) is 11.6 Å². The Kier molecular flexibility index (Phi) is 2.87. The highest BCUT2D eigenvalue weighted by Crippen LogP contribution is 2.36. The maximum atomic E-state index is 10.9. The van der Waals surface area contributed by atoms with E-state index in [-0.39, 0.29) is 10.7 Å². The molecule has 0 atom stereocenters. The molecule has 0 amide bonds. The summed E-state index contributed by atoms with van der Waals surface area (Å²) in [6, 6.07) is 2.91. The van der Waals surface area contributed by atoms with E-state index in [2.05, 4.69) is 0 Å². The second-order valence-electron chi connectivity index (χ2n) is 3.81. The molecule has 0 saturated carbocycles. The second-order valence-corrected chi connectivity index (χ2v) is 4.22. The van der Waals surface area contributed by atoms with Gasteiger partial charge in [-0.15, -0.1) is 0 Å². The Morgan fingerprint density at radius 3 is 2.56 bits per heavy atom. The molecular formula is C10H12ClN3O2. The van der Waals surface area contributed by atoms with E-state index in [9.17, 15) is 10.1 Å². The number of hydrogen-bond acceptors (Lipinski definition) is 4. The first kappa shape index (κ1) is 11.0. The van der Waals surface area contributed by atoms with Gasteiger partial charge in [-0.25, -0.2) is 0 Å². The number of nitrogens with two attached hydrogens (primary N) is 1. The van der Waals surface area contributed by atoms with Crippen molar-refractivity contribution in [2.75, 3.05) is 23.7 Å². The van der Waals surface area contributed by atoms with Gasteiger partial charge in [0.2, 0.25) is 0 Å². The standard InChI is InChI=1S/C10H12ClN3O2/c11-7-5-10(14(15)16)9(6-8(7)12)13-3-1-2-4-13/h5-6H,1-4,12H2. The molecule has 16 heavy (non-hydrogen) atoms. The van der Waals surface area contributed by atoms with Gasteiger partial charge in [-0.3, -0.25) is 10.1 Å². The van der Waals surface area contributed by atoms with Gasteiger partial charge < -0.3 is 10.6 Å². The number of nitrogens with zero attached hydrogens (tertiary/aromatic N) is 2. The molecule has 0 radical (unpaired) electrons. The maximum absolute atomic E-state index is 10.9. The van der Waals surface area contributed by atoms with E-state index in [4.69, 9.17) is 17.3 Å². The molecule has 5 nitrogen and oxygen atoms in total. The summed E-state index contributed by atoms with van der Waals surface area (Å²) < 4.78 is 0. The molecule has 1 aromatic carbocycles. The van der Waals surface area contributed by atoms with Crippen LogP contribution in [-0.2, 0) is 0 Å². The minimum Gasteiger partial charge on any atom is -0.397 e. The highest BCUT2D eigenvalue weighted by atomic mass is 35.5. The van der Waals surface area contributed by atoms with Crippen molar-refractivity contribution in [1.82, 2.24) is 0 Å². The Labute approximate surface area is 97.9 Å². The normalized spacial score (nSPS) is 15.4. The molecule has 1 fully saturated rings. The zero-order chi connectivity index (χ0) is 11.7. The predicted octanol–water partition coefficient (Wildman–Crippen LogP) is 2.43. The predicted molar refractivity (Wildman–Crippen MR) is 64.0 cm³/mol. The quantitative estimate of drug-likeness (QED) is 0.490. The number of anilines is 2. The van der Waals surface area contributed by atoms with Crippen LogP contribution in [0, 0.1) is 10.1 Å². The molecule has 1 aliphatic heterocycles. The van der Waals surface area contributed by atoms with Gasteiger partial charge in [0.15, 0.2) is 0 Å². The van der Waals surface area contributed by atoms with Crippen LogP contribution in [0.3, 0.4) is 0 Å². The summed E-state index contributed by atoms with van der Waals surface area (Å²) in [6.07, 6.45) is 2.11. The van der Waals surface area contributed by atoms with Crippen molar-refractivity contribution in [3.8, 4) is 0 Å². The molecule has 0 bridgehead atoms. The first-order chi connectivity index (χ1) is 7.59. The molecule has 0 aromatic heterocycles. The van der Waals surface area contributed by atoms with E-state index >= 15 is 0 Å². The van der Waals surface area contributed by atoms with Gasteiger partial charge in [0.05, 0.1) is 15.6 Å². The number of benzene rings is 1. The van der Waals surface area contributed by atoms with E-state index in [1.165, 1.54) is 6.07 Å². The Bertz CT molecular complexity index is 430. The molecule has 0 unspecified atom stereocenters. The van der Waals surface area contributed by atoms with Crippen molar-refractivity contribution in [3.63, 3.8) is 0 Å². The third-order valence-corrected chi connectivity index (χ3v) is 3.06. The van der Waals surface area contributed by atoms with E-state index in [1.807, 2.05) is 4.90 Å². The van der Waals surface area contributed by atoms with Gasteiger partial charge in [0.25, 0.3) is 5.69 Å². The van der Waals surface area contributed by atoms with Crippen LogP contribution in [0.4, 0.5) is 17.1 Å². The molecule has 0 spiro atoms. The maximum Gasteiger partial charge on any atom is 0.294 e. The van der Waals surface area contributed by atoms with Crippen LogP contribution in [0.1, 0.15) is 12.8 Å². The Balaban J connectivity index is 2.48. The largest absolute Gasteiger partial charge is 0.397 e. The number of halogens is 1. The number of nitro groups is 1. The average Bonchev–Trinajstić information content (AvgIpc) is 2.74. The van der Waals surface area contributed by atoms with Crippen LogP contribution in [-0.4, -0.2) is 18.0 Å². The van der Waals surface area contributed by atoms with E-state index in [1.54, 1.807) is 6.07 Å². The van der Waals surface area contributed by atoms with Crippen LogP contribution in [0.15, 0.2) is 12.1 Å². The van der Waals surface area contributed by atoms with Crippen LogP contribution in [0.2, 0.25) is 5.02 Å². The summed E-state index contributed by atoms with van der Waals surface area (Å²) in [4.78, 5) is 12.5. The fourth-order valence-corrected chi connectivity index (χ4v) is 2.08. The summed E-state index contributed by atoms with van der Waals surface area (Å²) in [5.41, 5.74) is 6.66. The molecule has 1 aliphatic rings. The topological polar surface area (TPSA) is 72.4 Å². The van der Waals surface area contributed by atoms with Crippen LogP contribution in [0.25, 0.3) is 0 Å². The van der Waals surface area contributed by atoms with Crippen molar-refractivity contribution in [2.45, 2.75) is 12.8 Å². The highest BCUT2D eigenvalue weighted by molar-refractivity contribution is 6.33. The summed E-state index contributed by atoms with van der Waals surface area (Å²) in [6.45, 7) is 1.67. The van der Waals surface area contributed by atoms with Crippen LogP contribution in [0.5, 0.6) is 0 Å². The zero-order valence-corrected chi connectivity index (χ0v) is 9.41. The van der Waals surface area contributed by atoms with Crippen molar-refractivity contribution in [3.05, 3.63) is 27.3 Å². The molecule has 2 N–H and O–H groups in total. The number of nitro benzene ring substituents is 1. The van der Waals surface area contributed by atoms with E-state index in [0.29, 0.717) is 11.4 Å². The van der Waals surface area contributed by atoms with Gasteiger partial charge in [-0.05, 0) is 18.9 Å². The third-order valence-electron chi connectivity index (χ3n) is 2.74. The Morgan fingerprint density at radius 1 is 1.38 bits per heavy atom. The first-order valence-corrected chi connectivity index (χ1v) is 5.46. The van der Waals surface area contributed by atoms with Crippen molar-refractivity contribution >= 4 is 28.7 Å². The van der Waals surface area contributed by atoms with Gasteiger partial charge >= 0.3 is 0 Å². The summed E-state index contributed by atoms with van der Waals surface area (Å²) in [7, 11) is 0. The lowest BCUT2D eigenvalue weighted by Gasteiger charge is -2.18. The SMILES string of the molecule is Nc1cc(N2CCCC2)c([N+](=O)[O-])cc1Cl.